The van der Waals surface area contributed by atoms with Crippen LogP contribution < -0.4 is 5.32 Å². The molecule has 1 N–H and O–H groups in total. The average Bonchev–Trinajstić information content (AvgIpc) is 2.97. The lowest BCUT2D eigenvalue weighted by Gasteiger charge is -2.40. The van der Waals surface area contributed by atoms with Gasteiger partial charge in [0.25, 0.3) is 0 Å². The van der Waals surface area contributed by atoms with Gasteiger partial charge in [-0.05, 0) is 68.1 Å². The molecule has 2 aliphatic heterocycles. The van der Waals surface area contributed by atoms with Crippen LogP contribution in [0.2, 0.25) is 0 Å². The second kappa shape index (κ2) is 5.44. The number of hydrogen-bond donors (Lipinski definition) is 1. The van der Waals surface area contributed by atoms with E-state index in [1.165, 1.54) is 21.4 Å². The zero-order chi connectivity index (χ0) is 15.2. The van der Waals surface area contributed by atoms with Crippen molar-refractivity contribution in [2.24, 2.45) is 0 Å². The number of ether oxygens (including phenoxy) is 1. The maximum atomic E-state index is 13.9. The van der Waals surface area contributed by atoms with E-state index >= 15 is 0 Å². The maximum absolute atomic E-state index is 13.9. The maximum Gasteiger partial charge on any atom is 0.126 e. The highest BCUT2D eigenvalue weighted by Gasteiger charge is 2.40. The van der Waals surface area contributed by atoms with Gasteiger partial charge in [-0.1, -0.05) is 12.1 Å². The van der Waals surface area contributed by atoms with Gasteiger partial charge in [0.1, 0.15) is 11.4 Å². The number of nitrogens with one attached hydrogen (secondary N) is 1. The fraction of sp³-hybridized carbons (Fsp3) is 0.444. The van der Waals surface area contributed by atoms with Crippen molar-refractivity contribution in [1.29, 1.82) is 0 Å². The lowest BCUT2D eigenvalue weighted by atomic mass is 9.86. The molecule has 0 aliphatic carbocycles. The van der Waals surface area contributed by atoms with Gasteiger partial charge in [-0.15, -0.1) is 11.3 Å². The SMILES string of the molecule is Cc1c(F)cccc1-c1cc2c(s1)C1(CCNCC1)OCC2. The summed E-state index contributed by atoms with van der Waals surface area (Å²) in [7, 11) is 0. The van der Waals surface area contributed by atoms with E-state index in [0.717, 1.165) is 50.1 Å². The van der Waals surface area contributed by atoms with Crippen LogP contribution in [0.3, 0.4) is 0 Å². The zero-order valence-electron chi connectivity index (χ0n) is 12.7. The second-order valence-corrected chi connectivity index (χ2v) is 7.27. The highest BCUT2D eigenvalue weighted by molar-refractivity contribution is 7.15. The molecule has 2 aliphatic rings. The van der Waals surface area contributed by atoms with Crippen molar-refractivity contribution in [3.63, 3.8) is 0 Å². The molecule has 1 saturated heterocycles. The van der Waals surface area contributed by atoms with Crippen molar-refractivity contribution < 1.29 is 9.13 Å². The third-order valence-electron chi connectivity index (χ3n) is 4.92. The molecule has 4 heteroatoms. The molecular formula is C18H20FNOS. The Morgan fingerprint density at radius 3 is 2.91 bits per heavy atom. The van der Waals surface area contributed by atoms with E-state index < -0.39 is 0 Å². The average molecular weight is 317 g/mol. The standard InChI is InChI=1S/C18H20FNOS/c1-12-14(3-2-4-15(12)19)16-11-13-5-10-21-18(17(13)22-16)6-8-20-9-7-18/h2-4,11,20H,5-10H2,1H3. The smallest absolute Gasteiger partial charge is 0.126 e. The number of hydrogen-bond acceptors (Lipinski definition) is 3. The van der Waals surface area contributed by atoms with Crippen LogP contribution in [0.1, 0.15) is 28.8 Å². The summed E-state index contributed by atoms with van der Waals surface area (Å²) < 4.78 is 20.1. The van der Waals surface area contributed by atoms with E-state index in [9.17, 15) is 4.39 Å². The van der Waals surface area contributed by atoms with Gasteiger partial charge < -0.3 is 10.1 Å². The van der Waals surface area contributed by atoms with Crippen molar-refractivity contribution in [3.05, 3.63) is 46.1 Å². The first-order valence-electron chi connectivity index (χ1n) is 7.93. The molecule has 2 nitrogen and oxygen atoms in total. The van der Waals surface area contributed by atoms with E-state index in [2.05, 4.69) is 11.4 Å². The molecule has 1 aromatic carbocycles. The Hall–Kier alpha value is -1.23. The fourth-order valence-corrected chi connectivity index (χ4v) is 5.12. The number of rotatable bonds is 1. The molecule has 0 atom stereocenters. The molecule has 3 heterocycles. The van der Waals surface area contributed by atoms with E-state index in [1.807, 2.05) is 13.0 Å². The fourth-order valence-electron chi connectivity index (χ4n) is 3.63. The number of fused-ring (bicyclic) bond motifs is 2. The molecular weight excluding hydrogens is 297 g/mol. The molecule has 22 heavy (non-hydrogen) atoms. The summed E-state index contributed by atoms with van der Waals surface area (Å²) in [5.74, 6) is -0.128. The Kier molecular flexibility index (Phi) is 3.56. The predicted octanol–water partition coefficient (Wildman–Crippen LogP) is 4.01. The van der Waals surface area contributed by atoms with Crippen molar-refractivity contribution in [2.45, 2.75) is 31.8 Å². The van der Waals surface area contributed by atoms with Gasteiger partial charge in [-0.3, -0.25) is 0 Å². The zero-order valence-corrected chi connectivity index (χ0v) is 13.6. The third kappa shape index (κ3) is 2.21. The van der Waals surface area contributed by atoms with Crippen molar-refractivity contribution in [2.75, 3.05) is 19.7 Å². The number of thiophene rings is 1. The summed E-state index contributed by atoms with van der Waals surface area (Å²) >= 11 is 1.80. The van der Waals surface area contributed by atoms with Gasteiger partial charge in [-0.2, -0.15) is 0 Å². The van der Waals surface area contributed by atoms with Gasteiger partial charge in [0, 0.05) is 9.75 Å². The van der Waals surface area contributed by atoms with Crippen LogP contribution in [0.15, 0.2) is 24.3 Å². The second-order valence-electron chi connectivity index (χ2n) is 6.22. The van der Waals surface area contributed by atoms with Crippen LogP contribution in [0.25, 0.3) is 10.4 Å². The molecule has 0 bridgehead atoms. The van der Waals surface area contributed by atoms with E-state index in [0.29, 0.717) is 0 Å². The first kappa shape index (κ1) is 14.4. The Morgan fingerprint density at radius 1 is 1.27 bits per heavy atom. The Labute approximate surface area is 134 Å². The van der Waals surface area contributed by atoms with Crippen LogP contribution in [0, 0.1) is 12.7 Å². The Bertz CT molecular complexity index is 703. The summed E-state index contributed by atoms with van der Waals surface area (Å²) in [6.45, 7) is 4.67. The molecule has 1 spiro atoms. The predicted molar refractivity (Wildman–Crippen MR) is 87.9 cm³/mol. The van der Waals surface area contributed by atoms with Crippen molar-refractivity contribution in [1.82, 2.24) is 5.32 Å². The van der Waals surface area contributed by atoms with Crippen LogP contribution in [0.5, 0.6) is 0 Å². The molecule has 0 unspecified atom stereocenters. The van der Waals surface area contributed by atoms with E-state index in [-0.39, 0.29) is 11.4 Å². The van der Waals surface area contributed by atoms with Crippen LogP contribution in [-0.4, -0.2) is 19.7 Å². The van der Waals surface area contributed by atoms with E-state index in [1.54, 1.807) is 17.4 Å². The monoisotopic (exact) mass is 317 g/mol. The van der Waals surface area contributed by atoms with Gasteiger partial charge in [0.15, 0.2) is 0 Å². The quantitative estimate of drug-likeness (QED) is 0.858. The molecule has 0 radical (unpaired) electrons. The van der Waals surface area contributed by atoms with E-state index in [4.69, 9.17) is 4.74 Å². The Balaban J connectivity index is 1.80. The molecule has 2 aromatic rings. The first-order valence-corrected chi connectivity index (χ1v) is 8.75. The summed E-state index contributed by atoms with van der Waals surface area (Å²) in [5.41, 5.74) is 3.05. The minimum atomic E-state index is -0.128. The minimum Gasteiger partial charge on any atom is -0.369 e. The van der Waals surface area contributed by atoms with Crippen LogP contribution >= 0.6 is 11.3 Å². The highest BCUT2D eigenvalue weighted by atomic mass is 32.1. The third-order valence-corrected chi connectivity index (χ3v) is 6.31. The number of piperidine rings is 1. The lowest BCUT2D eigenvalue weighted by molar-refractivity contribution is -0.0771. The summed E-state index contributed by atoms with van der Waals surface area (Å²) in [6, 6.07) is 7.61. The van der Waals surface area contributed by atoms with Crippen molar-refractivity contribution in [3.8, 4) is 10.4 Å². The van der Waals surface area contributed by atoms with Crippen molar-refractivity contribution >= 4 is 11.3 Å². The first-order chi connectivity index (χ1) is 10.7. The highest BCUT2D eigenvalue weighted by Crippen LogP contribution is 2.47. The molecule has 0 saturated carbocycles. The van der Waals surface area contributed by atoms with Gasteiger partial charge in [-0.25, -0.2) is 4.39 Å². The topological polar surface area (TPSA) is 21.3 Å². The van der Waals surface area contributed by atoms with Crippen LogP contribution in [-0.2, 0) is 16.8 Å². The summed E-state index contributed by atoms with van der Waals surface area (Å²) in [6.07, 6.45) is 3.03. The van der Waals surface area contributed by atoms with Gasteiger partial charge in [0.2, 0.25) is 0 Å². The minimum absolute atomic E-state index is 0.108. The molecule has 1 aromatic heterocycles. The van der Waals surface area contributed by atoms with Crippen LogP contribution in [0.4, 0.5) is 4.39 Å². The molecule has 0 amide bonds. The molecule has 116 valence electrons. The number of benzene rings is 1. The lowest BCUT2D eigenvalue weighted by Crippen LogP contribution is -2.43. The summed E-state index contributed by atoms with van der Waals surface area (Å²) in [4.78, 5) is 2.55. The van der Waals surface area contributed by atoms with Gasteiger partial charge in [0.05, 0.1) is 6.61 Å². The largest absolute Gasteiger partial charge is 0.369 e. The number of halogens is 1. The Morgan fingerprint density at radius 2 is 2.09 bits per heavy atom. The molecule has 1 fully saturated rings. The van der Waals surface area contributed by atoms with Gasteiger partial charge >= 0.3 is 0 Å². The molecule has 4 rings (SSSR count). The normalized spacial score (nSPS) is 20.1. The summed E-state index contributed by atoms with van der Waals surface area (Å²) in [5, 5.41) is 3.42.